The summed E-state index contributed by atoms with van der Waals surface area (Å²) in [5, 5.41) is 2.52. The van der Waals surface area contributed by atoms with Gasteiger partial charge in [-0.3, -0.25) is 9.69 Å². The molecule has 0 aliphatic heterocycles. The van der Waals surface area contributed by atoms with E-state index in [0.29, 0.717) is 17.7 Å². The van der Waals surface area contributed by atoms with Crippen molar-refractivity contribution >= 4 is 11.9 Å². The Morgan fingerprint density at radius 3 is 2.52 bits per heavy atom. The lowest BCUT2D eigenvalue weighted by Gasteiger charge is -2.13. The first-order chi connectivity index (χ1) is 11.0. The quantitative estimate of drug-likeness (QED) is 0.644. The summed E-state index contributed by atoms with van der Waals surface area (Å²) in [4.78, 5) is 25.9. The Balaban J connectivity index is 2.65. The van der Waals surface area contributed by atoms with Gasteiger partial charge in [-0.05, 0) is 38.2 Å². The molecule has 0 fully saturated rings. The Morgan fingerprint density at radius 1 is 1.26 bits per heavy atom. The van der Waals surface area contributed by atoms with Crippen LogP contribution < -0.4 is 5.32 Å². The highest BCUT2D eigenvalue weighted by Crippen LogP contribution is 2.08. The lowest BCUT2D eigenvalue weighted by molar-refractivity contribution is 0.0438. The average Bonchev–Trinajstić information content (AvgIpc) is 2.58. The first-order valence-electron chi connectivity index (χ1n) is 7.75. The van der Waals surface area contributed by atoms with Crippen LogP contribution in [0.3, 0.4) is 0 Å². The van der Waals surface area contributed by atoms with Gasteiger partial charge >= 0.3 is 5.97 Å². The maximum Gasteiger partial charge on any atom is 0.339 e. The smallest absolute Gasteiger partial charge is 0.339 e. The fraction of sp³-hybridized carbons (Fsp3) is 0.444. The van der Waals surface area contributed by atoms with Gasteiger partial charge in [-0.15, -0.1) is 0 Å². The summed E-state index contributed by atoms with van der Waals surface area (Å²) in [6, 6.07) is 6.42. The van der Waals surface area contributed by atoms with E-state index in [-0.39, 0.29) is 5.91 Å². The highest BCUT2D eigenvalue weighted by atomic mass is 16.5. The third-order valence-electron chi connectivity index (χ3n) is 3.37. The van der Waals surface area contributed by atoms with Crippen LogP contribution in [0, 0.1) is 11.8 Å². The normalized spacial score (nSPS) is 11.3. The SMILES string of the molecule is CCN(CC)CC#C[C@H](C)OC(=O)c1cccc(C(=O)NC)c1. The van der Waals surface area contributed by atoms with Crippen LogP contribution in [-0.4, -0.2) is 49.6 Å². The average molecular weight is 316 g/mol. The number of rotatable bonds is 6. The Hall–Kier alpha value is -2.32. The molecule has 0 heterocycles. The van der Waals surface area contributed by atoms with Crippen molar-refractivity contribution in [2.75, 3.05) is 26.7 Å². The molecule has 1 N–H and O–H groups in total. The molecule has 0 aromatic heterocycles. The van der Waals surface area contributed by atoms with Crippen molar-refractivity contribution in [3.05, 3.63) is 35.4 Å². The van der Waals surface area contributed by atoms with Gasteiger partial charge in [0, 0.05) is 12.6 Å². The molecule has 1 aromatic carbocycles. The molecule has 0 saturated heterocycles. The summed E-state index contributed by atoms with van der Waals surface area (Å²) < 4.78 is 5.29. The molecule has 1 amide bonds. The molecule has 1 aromatic rings. The van der Waals surface area contributed by atoms with Crippen molar-refractivity contribution in [3.8, 4) is 11.8 Å². The fourth-order valence-electron chi connectivity index (χ4n) is 1.94. The van der Waals surface area contributed by atoms with Crippen LogP contribution in [0.15, 0.2) is 24.3 Å². The van der Waals surface area contributed by atoms with E-state index < -0.39 is 12.1 Å². The minimum Gasteiger partial charge on any atom is -0.446 e. The predicted molar refractivity (Wildman–Crippen MR) is 90.3 cm³/mol. The fourth-order valence-corrected chi connectivity index (χ4v) is 1.94. The molecule has 0 spiro atoms. The van der Waals surface area contributed by atoms with E-state index in [1.165, 1.54) is 6.07 Å². The third kappa shape index (κ3) is 6.13. The first-order valence-corrected chi connectivity index (χ1v) is 7.75. The van der Waals surface area contributed by atoms with Gasteiger partial charge in [0.2, 0.25) is 0 Å². The number of hydrogen-bond acceptors (Lipinski definition) is 4. The largest absolute Gasteiger partial charge is 0.446 e. The van der Waals surface area contributed by atoms with Crippen molar-refractivity contribution in [2.24, 2.45) is 0 Å². The molecule has 0 aliphatic rings. The van der Waals surface area contributed by atoms with Crippen molar-refractivity contribution < 1.29 is 14.3 Å². The number of amides is 1. The second-order valence-corrected chi connectivity index (χ2v) is 4.99. The van der Waals surface area contributed by atoms with Gasteiger partial charge in [0.05, 0.1) is 12.1 Å². The number of nitrogens with one attached hydrogen (secondary N) is 1. The second-order valence-electron chi connectivity index (χ2n) is 4.99. The topological polar surface area (TPSA) is 58.6 Å². The zero-order chi connectivity index (χ0) is 17.2. The molecule has 0 bridgehead atoms. The van der Waals surface area contributed by atoms with Gasteiger partial charge in [-0.25, -0.2) is 4.79 Å². The minimum atomic E-state index is -0.498. The van der Waals surface area contributed by atoms with E-state index in [1.54, 1.807) is 32.2 Å². The van der Waals surface area contributed by atoms with Gasteiger partial charge in [0.25, 0.3) is 5.91 Å². The van der Waals surface area contributed by atoms with Crippen molar-refractivity contribution in [3.63, 3.8) is 0 Å². The first kappa shape index (κ1) is 18.7. The van der Waals surface area contributed by atoms with Crippen LogP contribution >= 0.6 is 0 Å². The predicted octanol–water partition coefficient (Wildman–Crippen LogP) is 1.94. The van der Waals surface area contributed by atoms with E-state index in [2.05, 4.69) is 35.9 Å². The molecule has 0 unspecified atom stereocenters. The second kappa shape index (κ2) is 9.65. The molecular weight excluding hydrogens is 292 g/mol. The number of nitrogens with zero attached hydrogens (tertiary/aromatic N) is 1. The van der Waals surface area contributed by atoms with Gasteiger partial charge in [0.1, 0.15) is 0 Å². The van der Waals surface area contributed by atoms with E-state index in [1.807, 2.05) is 0 Å². The van der Waals surface area contributed by atoms with E-state index >= 15 is 0 Å². The molecule has 1 atom stereocenters. The standard InChI is InChI=1S/C18H24N2O3/c1-5-20(6-2)12-8-9-14(3)23-18(22)16-11-7-10-15(13-16)17(21)19-4/h7,10-11,13-14H,5-6,12H2,1-4H3,(H,19,21)/t14-/m0/s1. The van der Waals surface area contributed by atoms with Crippen LogP contribution in [0.5, 0.6) is 0 Å². The third-order valence-corrected chi connectivity index (χ3v) is 3.37. The van der Waals surface area contributed by atoms with Gasteiger partial charge in [0.15, 0.2) is 6.10 Å². The Kier molecular flexibility index (Phi) is 7.86. The molecule has 23 heavy (non-hydrogen) atoms. The lowest BCUT2D eigenvalue weighted by atomic mass is 10.1. The Bertz CT molecular complexity index is 598. The summed E-state index contributed by atoms with van der Waals surface area (Å²) in [7, 11) is 1.54. The summed E-state index contributed by atoms with van der Waals surface area (Å²) in [5.74, 6) is 5.20. The molecule has 0 saturated carbocycles. The number of carbonyl (C=O) groups excluding carboxylic acids is 2. The lowest BCUT2D eigenvalue weighted by Crippen LogP contribution is -2.23. The summed E-state index contributed by atoms with van der Waals surface area (Å²) >= 11 is 0. The van der Waals surface area contributed by atoms with E-state index in [0.717, 1.165) is 13.1 Å². The number of carbonyl (C=O) groups is 2. The molecule has 5 nitrogen and oxygen atoms in total. The summed E-state index contributed by atoms with van der Waals surface area (Å²) in [6.07, 6.45) is -0.498. The summed E-state index contributed by atoms with van der Waals surface area (Å²) in [5.41, 5.74) is 0.755. The van der Waals surface area contributed by atoms with Gasteiger partial charge in [-0.1, -0.05) is 31.8 Å². The van der Waals surface area contributed by atoms with Gasteiger partial charge in [-0.2, -0.15) is 0 Å². The molecule has 0 radical (unpaired) electrons. The Morgan fingerprint density at radius 2 is 1.91 bits per heavy atom. The van der Waals surface area contributed by atoms with Crippen LogP contribution in [-0.2, 0) is 4.74 Å². The highest BCUT2D eigenvalue weighted by molar-refractivity contribution is 5.97. The number of benzene rings is 1. The van der Waals surface area contributed by atoms with Gasteiger partial charge < -0.3 is 10.1 Å². The molecule has 1 rings (SSSR count). The molecular formula is C18H24N2O3. The van der Waals surface area contributed by atoms with Crippen LogP contribution in [0.2, 0.25) is 0 Å². The van der Waals surface area contributed by atoms with Crippen molar-refractivity contribution in [2.45, 2.75) is 26.9 Å². The summed E-state index contributed by atoms with van der Waals surface area (Å²) in [6.45, 7) is 8.41. The number of ether oxygens (including phenoxy) is 1. The molecule has 5 heteroatoms. The van der Waals surface area contributed by atoms with Crippen molar-refractivity contribution in [1.82, 2.24) is 10.2 Å². The Labute approximate surface area is 138 Å². The highest BCUT2D eigenvalue weighted by Gasteiger charge is 2.12. The maximum atomic E-state index is 12.1. The van der Waals surface area contributed by atoms with Crippen LogP contribution in [0.4, 0.5) is 0 Å². The molecule has 0 aliphatic carbocycles. The maximum absolute atomic E-state index is 12.1. The zero-order valence-electron chi connectivity index (χ0n) is 14.2. The van der Waals surface area contributed by atoms with E-state index in [9.17, 15) is 9.59 Å². The molecule has 124 valence electrons. The number of esters is 1. The zero-order valence-corrected chi connectivity index (χ0v) is 14.2. The van der Waals surface area contributed by atoms with Crippen LogP contribution in [0.1, 0.15) is 41.5 Å². The van der Waals surface area contributed by atoms with Crippen LogP contribution in [0.25, 0.3) is 0 Å². The van der Waals surface area contributed by atoms with E-state index in [4.69, 9.17) is 4.74 Å². The monoisotopic (exact) mass is 316 g/mol. The van der Waals surface area contributed by atoms with Crippen molar-refractivity contribution in [1.29, 1.82) is 0 Å². The minimum absolute atomic E-state index is 0.244. The number of hydrogen-bond donors (Lipinski definition) is 1.